The monoisotopic (exact) mass is 294 g/mol. The van der Waals surface area contributed by atoms with Gasteiger partial charge in [0.1, 0.15) is 11.6 Å². The first kappa shape index (κ1) is 14.5. The molecule has 0 fully saturated rings. The van der Waals surface area contributed by atoms with Crippen molar-refractivity contribution >= 4 is 23.1 Å². The molecule has 0 bridgehead atoms. The fourth-order valence-corrected chi connectivity index (χ4v) is 3.32. The Bertz CT molecular complexity index is 660. The number of aromatic nitrogens is 3. The molecule has 2 heterocycles. The summed E-state index contributed by atoms with van der Waals surface area (Å²) in [6.07, 6.45) is 0. The van der Waals surface area contributed by atoms with Crippen molar-refractivity contribution in [2.45, 2.75) is 33.7 Å². The van der Waals surface area contributed by atoms with Gasteiger partial charge in [-0.2, -0.15) is 0 Å². The van der Waals surface area contributed by atoms with Crippen molar-refractivity contribution in [1.29, 1.82) is 0 Å². The third kappa shape index (κ3) is 2.29. The molecule has 20 heavy (non-hydrogen) atoms. The lowest BCUT2D eigenvalue weighted by atomic mass is 10.2. The van der Waals surface area contributed by atoms with Gasteiger partial charge in [0.15, 0.2) is 5.69 Å². The minimum absolute atomic E-state index is 0.0212. The Hall–Kier alpha value is -1.89. The number of esters is 1. The average molecular weight is 294 g/mol. The summed E-state index contributed by atoms with van der Waals surface area (Å²) < 4.78 is 6.53. The molecule has 108 valence electrons. The fourth-order valence-electron chi connectivity index (χ4n) is 2.35. The van der Waals surface area contributed by atoms with Crippen LogP contribution in [0, 0.1) is 20.8 Å². The zero-order valence-electron chi connectivity index (χ0n) is 12.2. The molecule has 1 atom stereocenters. The maximum absolute atomic E-state index is 11.6. The number of nitrogen functional groups attached to an aromatic ring is 1. The van der Waals surface area contributed by atoms with Gasteiger partial charge in [0.05, 0.1) is 28.7 Å². The first-order valence-corrected chi connectivity index (χ1v) is 7.05. The molecule has 2 rings (SSSR count). The number of nitrogens with zero attached hydrogens (tertiary/aromatic N) is 3. The number of hydrogen-bond donors (Lipinski definition) is 1. The number of hydrogen-bond acceptors (Lipinski definition) is 6. The highest BCUT2D eigenvalue weighted by Gasteiger charge is 2.24. The fraction of sp³-hybridized carbons (Fsp3) is 0.462. The smallest absolute Gasteiger partial charge is 0.360 e. The number of rotatable bonds is 3. The Morgan fingerprint density at radius 2 is 2.00 bits per heavy atom. The molecule has 0 amide bonds. The Kier molecular flexibility index (Phi) is 3.80. The zero-order chi connectivity index (χ0) is 15.0. The molecule has 0 aliphatic heterocycles. The number of imidazole rings is 1. The van der Waals surface area contributed by atoms with Crippen LogP contribution in [0.4, 0.5) is 5.82 Å². The summed E-state index contributed by atoms with van der Waals surface area (Å²) in [5, 5.41) is 1.01. The van der Waals surface area contributed by atoms with E-state index in [1.807, 2.05) is 32.3 Å². The molecule has 2 aromatic heterocycles. The van der Waals surface area contributed by atoms with Crippen molar-refractivity contribution < 1.29 is 9.53 Å². The summed E-state index contributed by atoms with van der Waals surface area (Å²) in [4.78, 5) is 21.4. The number of nitrogens with two attached hydrogens (primary N) is 1. The standard InChI is InChI=1S/C13H18N4O2S/c1-6-11(20-9(4)15-6)7(2)17-8(3)16-10(12(17)14)13(18)19-5/h7H,14H2,1-5H3. The van der Waals surface area contributed by atoms with Gasteiger partial charge in [0.25, 0.3) is 0 Å². The summed E-state index contributed by atoms with van der Waals surface area (Å²) in [7, 11) is 1.32. The summed E-state index contributed by atoms with van der Waals surface area (Å²) in [5.41, 5.74) is 7.20. The normalized spacial score (nSPS) is 12.4. The van der Waals surface area contributed by atoms with Crippen LogP contribution in [0.2, 0.25) is 0 Å². The second-order valence-electron chi connectivity index (χ2n) is 4.61. The van der Waals surface area contributed by atoms with Gasteiger partial charge in [0, 0.05) is 0 Å². The van der Waals surface area contributed by atoms with Gasteiger partial charge >= 0.3 is 5.97 Å². The quantitative estimate of drug-likeness (QED) is 0.878. The number of carbonyl (C=O) groups excluding carboxylic acids is 1. The van der Waals surface area contributed by atoms with Gasteiger partial charge in [-0.15, -0.1) is 11.3 Å². The summed E-state index contributed by atoms with van der Waals surface area (Å²) in [5.74, 6) is 0.488. The van der Waals surface area contributed by atoms with E-state index in [0.717, 1.165) is 15.6 Å². The number of aryl methyl sites for hydroxylation is 3. The minimum atomic E-state index is -0.520. The molecule has 0 aromatic carbocycles. The largest absolute Gasteiger partial charge is 0.464 e. The summed E-state index contributed by atoms with van der Waals surface area (Å²) >= 11 is 1.63. The summed E-state index contributed by atoms with van der Waals surface area (Å²) in [6.45, 7) is 7.78. The number of anilines is 1. The van der Waals surface area contributed by atoms with Crippen LogP contribution in [-0.2, 0) is 4.74 Å². The molecule has 0 radical (unpaired) electrons. The van der Waals surface area contributed by atoms with Crippen LogP contribution in [0.3, 0.4) is 0 Å². The SMILES string of the molecule is COC(=O)c1nc(C)n(C(C)c2sc(C)nc2C)c1N. The van der Waals surface area contributed by atoms with Crippen molar-refractivity contribution in [2.75, 3.05) is 12.8 Å². The van der Waals surface area contributed by atoms with Crippen LogP contribution in [0.15, 0.2) is 0 Å². The van der Waals surface area contributed by atoms with Crippen LogP contribution in [0.1, 0.15) is 44.9 Å². The van der Waals surface area contributed by atoms with Crippen LogP contribution in [-0.4, -0.2) is 27.6 Å². The third-order valence-electron chi connectivity index (χ3n) is 3.21. The maximum atomic E-state index is 11.6. The van der Waals surface area contributed by atoms with Crippen molar-refractivity contribution in [3.63, 3.8) is 0 Å². The molecule has 0 aliphatic rings. The number of thiazole rings is 1. The van der Waals surface area contributed by atoms with Crippen LogP contribution in [0.25, 0.3) is 0 Å². The van der Waals surface area contributed by atoms with Gasteiger partial charge in [0.2, 0.25) is 0 Å². The van der Waals surface area contributed by atoms with Gasteiger partial charge in [-0.25, -0.2) is 14.8 Å². The van der Waals surface area contributed by atoms with E-state index in [1.165, 1.54) is 7.11 Å². The van der Waals surface area contributed by atoms with E-state index in [-0.39, 0.29) is 11.7 Å². The zero-order valence-corrected chi connectivity index (χ0v) is 13.0. The highest BCUT2D eigenvalue weighted by molar-refractivity contribution is 7.11. The topological polar surface area (TPSA) is 83.0 Å². The van der Waals surface area contributed by atoms with E-state index in [9.17, 15) is 4.79 Å². The molecule has 0 saturated carbocycles. The maximum Gasteiger partial charge on any atom is 0.360 e. The molecule has 0 saturated heterocycles. The molecule has 2 N–H and O–H groups in total. The van der Waals surface area contributed by atoms with E-state index in [0.29, 0.717) is 11.6 Å². The van der Waals surface area contributed by atoms with Gasteiger partial charge in [-0.1, -0.05) is 0 Å². The Balaban J connectivity index is 2.50. The molecule has 1 unspecified atom stereocenters. The lowest BCUT2D eigenvalue weighted by Gasteiger charge is -2.16. The first-order chi connectivity index (χ1) is 9.36. The van der Waals surface area contributed by atoms with E-state index < -0.39 is 5.97 Å². The van der Waals surface area contributed by atoms with Crippen LogP contribution < -0.4 is 5.73 Å². The molecular weight excluding hydrogens is 276 g/mol. The van der Waals surface area contributed by atoms with E-state index in [4.69, 9.17) is 10.5 Å². The number of methoxy groups -OCH3 is 1. The van der Waals surface area contributed by atoms with Crippen molar-refractivity contribution in [3.05, 3.63) is 27.1 Å². The molecule has 0 aliphatic carbocycles. The van der Waals surface area contributed by atoms with E-state index in [2.05, 4.69) is 9.97 Å². The van der Waals surface area contributed by atoms with Gasteiger partial charge in [-0.3, -0.25) is 0 Å². The van der Waals surface area contributed by atoms with Crippen LogP contribution in [0.5, 0.6) is 0 Å². The number of ether oxygens (including phenoxy) is 1. The highest BCUT2D eigenvalue weighted by atomic mass is 32.1. The molecule has 6 nitrogen and oxygen atoms in total. The molecule has 2 aromatic rings. The van der Waals surface area contributed by atoms with E-state index in [1.54, 1.807) is 11.3 Å². The second kappa shape index (κ2) is 5.24. The van der Waals surface area contributed by atoms with Crippen molar-refractivity contribution in [3.8, 4) is 0 Å². The lowest BCUT2D eigenvalue weighted by molar-refractivity contribution is 0.0595. The molecule has 7 heteroatoms. The lowest BCUT2D eigenvalue weighted by Crippen LogP contribution is -2.13. The van der Waals surface area contributed by atoms with Gasteiger partial charge in [-0.05, 0) is 27.7 Å². The highest BCUT2D eigenvalue weighted by Crippen LogP contribution is 2.31. The predicted molar refractivity (Wildman–Crippen MR) is 78.1 cm³/mol. The Morgan fingerprint density at radius 1 is 1.35 bits per heavy atom. The van der Waals surface area contributed by atoms with Crippen molar-refractivity contribution in [1.82, 2.24) is 14.5 Å². The Labute approximate surface area is 121 Å². The third-order valence-corrected chi connectivity index (χ3v) is 4.45. The average Bonchev–Trinajstić information content (AvgIpc) is 2.87. The minimum Gasteiger partial charge on any atom is -0.464 e. The van der Waals surface area contributed by atoms with E-state index >= 15 is 0 Å². The van der Waals surface area contributed by atoms with Crippen molar-refractivity contribution in [2.24, 2.45) is 0 Å². The van der Waals surface area contributed by atoms with Crippen LogP contribution >= 0.6 is 11.3 Å². The predicted octanol–water partition coefficient (Wildman–Crippen LogP) is 2.24. The number of carbonyl (C=O) groups is 1. The Morgan fingerprint density at radius 3 is 2.50 bits per heavy atom. The molecule has 0 spiro atoms. The van der Waals surface area contributed by atoms with Gasteiger partial charge < -0.3 is 15.0 Å². The first-order valence-electron chi connectivity index (χ1n) is 6.23. The summed E-state index contributed by atoms with van der Waals surface area (Å²) in [6, 6.07) is -0.0212. The molecular formula is C13H18N4O2S. The second-order valence-corrected chi connectivity index (χ2v) is 5.85.